The van der Waals surface area contributed by atoms with Crippen molar-refractivity contribution in [2.24, 2.45) is 5.92 Å². The fraction of sp³-hybridized carbons (Fsp3) is 0.500. The fourth-order valence-corrected chi connectivity index (χ4v) is 1.74. The van der Waals surface area contributed by atoms with E-state index in [0.717, 1.165) is 12.5 Å². The summed E-state index contributed by atoms with van der Waals surface area (Å²) >= 11 is 0. The zero-order valence-electron chi connectivity index (χ0n) is 9.35. The molecule has 0 aliphatic rings. The van der Waals surface area contributed by atoms with Crippen molar-refractivity contribution in [2.75, 3.05) is 7.05 Å². The molecule has 0 saturated carbocycles. The molecule has 0 fully saturated rings. The van der Waals surface area contributed by atoms with Crippen LogP contribution in [0, 0.1) is 17.6 Å². The van der Waals surface area contributed by atoms with Gasteiger partial charge in [-0.2, -0.15) is 0 Å². The lowest BCUT2D eigenvalue weighted by molar-refractivity contribution is 0.379. The molecule has 3 heteroatoms. The first-order valence-corrected chi connectivity index (χ1v) is 5.23. The summed E-state index contributed by atoms with van der Waals surface area (Å²) in [4.78, 5) is 0. The molecule has 0 aromatic heterocycles. The lowest BCUT2D eigenvalue weighted by atomic mass is 9.92. The van der Waals surface area contributed by atoms with Crippen molar-refractivity contribution >= 4 is 0 Å². The molecule has 0 bridgehead atoms. The number of halogens is 2. The zero-order valence-corrected chi connectivity index (χ0v) is 9.35. The highest BCUT2D eigenvalue weighted by molar-refractivity contribution is 5.23. The van der Waals surface area contributed by atoms with Gasteiger partial charge < -0.3 is 5.32 Å². The molecule has 1 nitrogen and oxygen atoms in total. The van der Waals surface area contributed by atoms with Gasteiger partial charge in [-0.3, -0.25) is 0 Å². The Kier molecular flexibility index (Phi) is 4.21. The maximum atomic E-state index is 13.5. The van der Waals surface area contributed by atoms with Gasteiger partial charge in [-0.25, -0.2) is 8.78 Å². The van der Waals surface area contributed by atoms with Crippen LogP contribution >= 0.6 is 0 Å². The van der Waals surface area contributed by atoms with Crippen LogP contribution in [0.2, 0.25) is 0 Å². The molecule has 0 amide bonds. The molecule has 0 radical (unpaired) electrons. The van der Waals surface area contributed by atoms with Crippen LogP contribution in [0.1, 0.15) is 31.9 Å². The third kappa shape index (κ3) is 2.53. The largest absolute Gasteiger partial charge is 0.313 e. The molecule has 2 unspecified atom stereocenters. The summed E-state index contributed by atoms with van der Waals surface area (Å²) in [7, 11) is 1.77. The van der Waals surface area contributed by atoms with E-state index in [4.69, 9.17) is 0 Å². The van der Waals surface area contributed by atoms with Gasteiger partial charge in [-0.1, -0.05) is 32.4 Å². The Bertz CT molecular complexity index is 325. The van der Waals surface area contributed by atoms with E-state index in [1.165, 1.54) is 0 Å². The second-order valence-electron chi connectivity index (χ2n) is 3.79. The van der Waals surface area contributed by atoms with Gasteiger partial charge in [0.2, 0.25) is 0 Å². The first-order valence-electron chi connectivity index (χ1n) is 5.23. The van der Waals surface area contributed by atoms with Crippen molar-refractivity contribution in [3.05, 3.63) is 35.4 Å². The Labute approximate surface area is 89.5 Å². The molecule has 0 spiro atoms. The quantitative estimate of drug-likeness (QED) is 0.809. The predicted octanol–water partition coefficient (Wildman–Crippen LogP) is 3.27. The first-order chi connectivity index (χ1) is 7.11. The SMILES string of the molecule is CCC(C)C(NC)c1cccc(F)c1F. The summed E-state index contributed by atoms with van der Waals surface area (Å²) in [5.41, 5.74) is 0.409. The zero-order chi connectivity index (χ0) is 11.4. The van der Waals surface area contributed by atoms with E-state index in [1.54, 1.807) is 19.2 Å². The summed E-state index contributed by atoms with van der Waals surface area (Å²) in [6, 6.07) is 4.18. The number of hydrogen-bond donors (Lipinski definition) is 1. The number of nitrogens with one attached hydrogen (secondary N) is 1. The Morgan fingerprint density at radius 3 is 2.53 bits per heavy atom. The molecule has 0 aliphatic carbocycles. The highest BCUT2D eigenvalue weighted by Crippen LogP contribution is 2.26. The van der Waals surface area contributed by atoms with Crippen LogP contribution in [0.15, 0.2) is 18.2 Å². The lowest BCUT2D eigenvalue weighted by Gasteiger charge is -2.23. The van der Waals surface area contributed by atoms with Crippen molar-refractivity contribution in [2.45, 2.75) is 26.3 Å². The minimum absolute atomic E-state index is 0.134. The molecule has 0 heterocycles. The maximum absolute atomic E-state index is 13.5. The van der Waals surface area contributed by atoms with Gasteiger partial charge in [-0.05, 0) is 19.0 Å². The van der Waals surface area contributed by atoms with Crippen LogP contribution < -0.4 is 5.32 Å². The highest BCUT2D eigenvalue weighted by atomic mass is 19.2. The molecule has 84 valence electrons. The fourth-order valence-electron chi connectivity index (χ4n) is 1.74. The van der Waals surface area contributed by atoms with Crippen molar-refractivity contribution in [1.29, 1.82) is 0 Å². The summed E-state index contributed by atoms with van der Waals surface area (Å²) in [6.07, 6.45) is 0.918. The van der Waals surface area contributed by atoms with E-state index in [1.807, 2.05) is 13.8 Å². The number of rotatable bonds is 4. The van der Waals surface area contributed by atoms with Gasteiger partial charge in [-0.15, -0.1) is 0 Å². The molecule has 0 saturated heterocycles. The molecule has 15 heavy (non-hydrogen) atoms. The second-order valence-corrected chi connectivity index (χ2v) is 3.79. The normalized spacial score (nSPS) is 15.0. The summed E-state index contributed by atoms with van der Waals surface area (Å²) in [6.45, 7) is 4.05. The Balaban J connectivity index is 3.07. The standard InChI is InChI=1S/C12H17F2N/c1-4-8(2)12(15-3)9-6-5-7-10(13)11(9)14/h5-8,12,15H,4H2,1-3H3. The van der Waals surface area contributed by atoms with E-state index in [0.29, 0.717) is 5.56 Å². The summed E-state index contributed by atoms with van der Waals surface area (Å²) < 4.78 is 26.6. The van der Waals surface area contributed by atoms with Gasteiger partial charge in [0.15, 0.2) is 11.6 Å². The smallest absolute Gasteiger partial charge is 0.163 e. The van der Waals surface area contributed by atoms with Crippen LogP contribution in [0.25, 0.3) is 0 Å². The van der Waals surface area contributed by atoms with Crippen molar-refractivity contribution in [3.63, 3.8) is 0 Å². The molecular weight excluding hydrogens is 196 g/mol. The van der Waals surface area contributed by atoms with Gasteiger partial charge in [0.05, 0.1) is 0 Å². The van der Waals surface area contributed by atoms with Crippen molar-refractivity contribution in [1.82, 2.24) is 5.32 Å². The third-order valence-corrected chi connectivity index (χ3v) is 2.84. The van der Waals surface area contributed by atoms with E-state index in [-0.39, 0.29) is 12.0 Å². The minimum atomic E-state index is -0.781. The van der Waals surface area contributed by atoms with Crippen LogP contribution in [-0.4, -0.2) is 7.05 Å². The highest BCUT2D eigenvalue weighted by Gasteiger charge is 2.20. The average molecular weight is 213 g/mol. The van der Waals surface area contributed by atoms with Gasteiger partial charge in [0, 0.05) is 11.6 Å². The Hall–Kier alpha value is -0.960. The Morgan fingerprint density at radius 2 is 2.00 bits per heavy atom. The monoisotopic (exact) mass is 213 g/mol. The number of benzene rings is 1. The van der Waals surface area contributed by atoms with Gasteiger partial charge >= 0.3 is 0 Å². The molecule has 2 atom stereocenters. The van der Waals surface area contributed by atoms with Crippen LogP contribution in [0.5, 0.6) is 0 Å². The van der Waals surface area contributed by atoms with Crippen molar-refractivity contribution in [3.8, 4) is 0 Å². The number of hydrogen-bond acceptors (Lipinski definition) is 1. The van der Waals surface area contributed by atoms with E-state index in [2.05, 4.69) is 5.32 Å². The topological polar surface area (TPSA) is 12.0 Å². The molecular formula is C12H17F2N. The van der Waals surface area contributed by atoms with E-state index >= 15 is 0 Å². The van der Waals surface area contributed by atoms with Gasteiger partial charge in [0.1, 0.15) is 0 Å². The third-order valence-electron chi connectivity index (χ3n) is 2.84. The van der Waals surface area contributed by atoms with E-state index < -0.39 is 11.6 Å². The molecule has 1 aromatic rings. The first kappa shape index (κ1) is 12.1. The van der Waals surface area contributed by atoms with E-state index in [9.17, 15) is 8.78 Å². The van der Waals surface area contributed by atoms with Crippen LogP contribution in [0.4, 0.5) is 8.78 Å². The molecule has 1 N–H and O–H groups in total. The molecule has 1 aromatic carbocycles. The lowest BCUT2D eigenvalue weighted by Crippen LogP contribution is -2.24. The summed E-state index contributed by atoms with van der Waals surface area (Å²) in [5, 5.41) is 3.03. The molecule has 0 aliphatic heterocycles. The van der Waals surface area contributed by atoms with Crippen LogP contribution in [0.3, 0.4) is 0 Å². The van der Waals surface area contributed by atoms with Crippen LogP contribution in [-0.2, 0) is 0 Å². The summed E-state index contributed by atoms with van der Waals surface area (Å²) in [5.74, 6) is -1.25. The van der Waals surface area contributed by atoms with Gasteiger partial charge in [0.25, 0.3) is 0 Å². The maximum Gasteiger partial charge on any atom is 0.163 e. The Morgan fingerprint density at radius 1 is 1.33 bits per heavy atom. The minimum Gasteiger partial charge on any atom is -0.313 e. The van der Waals surface area contributed by atoms with Crippen molar-refractivity contribution < 1.29 is 8.78 Å². The predicted molar refractivity (Wildman–Crippen MR) is 57.6 cm³/mol. The average Bonchev–Trinajstić information content (AvgIpc) is 2.24. The second kappa shape index (κ2) is 5.21. The molecule has 1 rings (SSSR count).